The van der Waals surface area contributed by atoms with Crippen LogP contribution in [0.3, 0.4) is 0 Å². The average molecular weight is 296 g/mol. The van der Waals surface area contributed by atoms with Crippen molar-refractivity contribution in [3.63, 3.8) is 0 Å². The number of aliphatic hydroxyl groups is 1. The molecule has 0 saturated carbocycles. The first-order valence-electron chi connectivity index (χ1n) is 2.45. The van der Waals surface area contributed by atoms with E-state index in [1.807, 2.05) is 0 Å². The molecule has 6 heteroatoms. The molecule has 0 heterocycles. The van der Waals surface area contributed by atoms with Gasteiger partial charge in [0.2, 0.25) is 2.57 Å². The molecule has 62 valence electrons. The molecular formula is C4H8Br2O3S. The van der Waals surface area contributed by atoms with Gasteiger partial charge in [0.15, 0.2) is 9.84 Å². The third kappa shape index (κ3) is 2.18. The highest BCUT2D eigenvalue weighted by Gasteiger charge is 2.39. The Hall–Kier alpha value is 0.870. The second-order valence-electron chi connectivity index (χ2n) is 2.01. The lowest BCUT2D eigenvalue weighted by Crippen LogP contribution is -2.35. The van der Waals surface area contributed by atoms with Crippen molar-refractivity contribution in [1.82, 2.24) is 0 Å². The summed E-state index contributed by atoms with van der Waals surface area (Å²) in [5, 5.41) is 8.94. The van der Waals surface area contributed by atoms with Gasteiger partial charge in [0.05, 0.1) is 6.10 Å². The number of alkyl halides is 2. The SMILES string of the molecule is C[C@H](O)C(Br)(Br)S(C)(=O)=O. The van der Waals surface area contributed by atoms with Crippen molar-refractivity contribution < 1.29 is 13.5 Å². The number of halogens is 2. The summed E-state index contributed by atoms with van der Waals surface area (Å²) in [6.07, 6.45) is 0.0333. The minimum Gasteiger partial charge on any atom is -0.390 e. The molecule has 0 aliphatic rings. The fourth-order valence-electron chi connectivity index (χ4n) is 0.310. The highest BCUT2D eigenvalue weighted by molar-refractivity contribution is 9.28. The van der Waals surface area contributed by atoms with E-state index in [2.05, 4.69) is 31.9 Å². The second-order valence-corrected chi connectivity index (χ2v) is 8.81. The van der Waals surface area contributed by atoms with Crippen LogP contribution >= 0.6 is 31.9 Å². The molecule has 0 rings (SSSR count). The monoisotopic (exact) mass is 294 g/mol. The van der Waals surface area contributed by atoms with E-state index in [1.165, 1.54) is 6.92 Å². The van der Waals surface area contributed by atoms with Crippen LogP contribution in [0.4, 0.5) is 0 Å². The predicted molar refractivity (Wildman–Crippen MR) is 47.1 cm³/mol. The third-order valence-electron chi connectivity index (χ3n) is 0.981. The van der Waals surface area contributed by atoms with E-state index < -0.39 is 18.5 Å². The minimum absolute atomic E-state index is 0.998. The van der Waals surface area contributed by atoms with Gasteiger partial charge in [0, 0.05) is 6.26 Å². The fourth-order valence-corrected chi connectivity index (χ4v) is 0.929. The van der Waals surface area contributed by atoms with Crippen molar-refractivity contribution in [2.75, 3.05) is 6.26 Å². The van der Waals surface area contributed by atoms with Gasteiger partial charge in [-0.15, -0.1) is 0 Å². The topological polar surface area (TPSA) is 54.4 Å². The van der Waals surface area contributed by atoms with Gasteiger partial charge in [0.25, 0.3) is 0 Å². The van der Waals surface area contributed by atoms with Gasteiger partial charge in [0.1, 0.15) is 0 Å². The zero-order valence-electron chi connectivity index (χ0n) is 5.51. The van der Waals surface area contributed by atoms with Crippen LogP contribution in [0.25, 0.3) is 0 Å². The van der Waals surface area contributed by atoms with E-state index in [4.69, 9.17) is 5.11 Å². The van der Waals surface area contributed by atoms with Crippen LogP contribution in [0.1, 0.15) is 6.92 Å². The third-order valence-corrected chi connectivity index (χ3v) is 7.16. The Morgan fingerprint density at radius 3 is 1.80 bits per heavy atom. The largest absolute Gasteiger partial charge is 0.390 e. The van der Waals surface area contributed by atoms with Crippen molar-refractivity contribution in [3.8, 4) is 0 Å². The van der Waals surface area contributed by atoms with E-state index in [0.717, 1.165) is 6.26 Å². The molecule has 3 nitrogen and oxygen atoms in total. The molecule has 0 bridgehead atoms. The van der Waals surface area contributed by atoms with Crippen molar-refractivity contribution in [2.24, 2.45) is 0 Å². The van der Waals surface area contributed by atoms with Gasteiger partial charge in [-0.05, 0) is 6.92 Å². The Balaban J connectivity index is 4.76. The summed E-state index contributed by atoms with van der Waals surface area (Å²) in [6.45, 7) is 1.38. The van der Waals surface area contributed by atoms with Gasteiger partial charge < -0.3 is 5.11 Å². The van der Waals surface area contributed by atoms with Crippen molar-refractivity contribution in [1.29, 1.82) is 0 Å². The molecule has 0 aliphatic heterocycles. The van der Waals surface area contributed by atoms with Gasteiger partial charge in [-0.1, -0.05) is 31.9 Å². The lowest BCUT2D eigenvalue weighted by Gasteiger charge is -2.20. The van der Waals surface area contributed by atoms with E-state index in [9.17, 15) is 8.42 Å². The molecule has 0 radical (unpaired) electrons. The van der Waals surface area contributed by atoms with E-state index in [-0.39, 0.29) is 0 Å². The molecular weight excluding hydrogens is 288 g/mol. The lowest BCUT2D eigenvalue weighted by atomic mass is 10.5. The first-order valence-corrected chi connectivity index (χ1v) is 5.93. The van der Waals surface area contributed by atoms with Crippen LogP contribution in [0.5, 0.6) is 0 Å². The maximum absolute atomic E-state index is 10.8. The summed E-state index contributed by atoms with van der Waals surface area (Å²) < 4.78 is 20.3. The summed E-state index contributed by atoms with van der Waals surface area (Å²) >= 11 is 5.69. The maximum atomic E-state index is 10.8. The molecule has 0 aliphatic carbocycles. The molecule has 1 N–H and O–H groups in total. The first-order chi connectivity index (χ1) is 4.19. The molecule has 0 unspecified atom stereocenters. The molecule has 0 amide bonds. The quantitative estimate of drug-likeness (QED) is 0.769. The maximum Gasteiger partial charge on any atom is 0.206 e. The van der Waals surface area contributed by atoms with Gasteiger partial charge >= 0.3 is 0 Å². The Bertz CT molecular complexity index is 207. The lowest BCUT2D eigenvalue weighted by molar-refractivity contribution is 0.205. The average Bonchev–Trinajstić information content (AvgIpc) is 1.62. The molecule has 0 aromatic heterocycles. The van der Waals surface area contributed by atoms with Crippen LogP contribution in [-0.2, 0) is 9.84 Å². The number of aliphatic hydroxyl groups excluding tert-OH is 1. The van der Waals surface area contributed by atoms with Crippen LogP contribution < -0.4 is 0 Å². The van der Waals surface area contributed by atoms with E-state index in [1.54, 1.807) is 0 Å². The van der Waals surface area contributed by atoms with Crippen LogP contribution in [0.15, 0.2) is 0 Å². The summed E-state index contributed by atoms with van der Waals surface area (Å²) in [6, 6.07) is 0. The number of hydrogen-bond acceptors (Lipinski definition) is 3. The van der Waals surface area contributed by atoms with Crippen molar-refractivity contribution >= 4 is 41.7 Å². The van der Waals surface area contributed by atoms with Gasteiger partial charge in [-0.3, -0.25) is 0 Å². The molecule has 0 fully saturated rings. The Morgan fingerprint density at radius 1 is 1.50 bits per heavy atom. The number of rotatable bonds is 2. The fraction of sp³-hybridized carbons (Fsp3) is 1.00. The zero-order valence-corrected chi connectivity index (χ0v) is 9.49. The molecule has 10 heavy (non-hydrogen) atoms. The number of hydrogen-bond donors (Lipinski definition) is 1. The zero-order chi connectivity index (χ0) is 8.58. The molecule has 0 saturated heterocycles. The van der Waals surface area contributed by atoms with Crippen molar-refractivity contribution in [2.45, 2.75) is 15.6 Å². The molecule has 0 aromatic carbocycles. The van der Waals surface area contributed by atoms with Crippen LogP contribution in [0, 0.1) is 0 Å². The highest BCUT2D eigenvalue weighted by atomic mass is 79.9. The first kappa shape index (κ1) is 10.9. The van der Waals surface area contributed by atoms with Gasteiger partial charge in [-0.25, -0.2) is 8.42 Å². The minimum atomic E-state index is -3.32. The molecule has 1 atom stereocenters. The Kier molecular flexibility index (Phi) is 3.35. The number of sulfone groups is 1. The second kappa shape index (κ2) is 3.08. The highest BCUT2D eigenvalue weighted by Crippen LogP contribution is 2.35. The molecule has 0 aromatic rings. The summed E-state index contributed by atoms with van der Waals surface area (Å²) in [7, 11) is -3.32. The summed E-state index contributed by atoms with van der Waals surface area (Å²) in [5.74, 6) is 0. The van der Waals surface area contributed by atoms with E-state index >= 15 is 0 Å². The summed E-state index contributed by atoms with van der Waals surface area (Å²) in [4.78, 5) is 0. The predicted octanol–water partition coefficient (Wildman–Crippen LogP) is 0.855. The Labute approximate surface area is 77.0 Å². The van der Waals surface area contributed by atoms with Gasteiger partial charge in [-0.2, -0.15) is 0 Å². The standard InChI is InChI=1S/C4H8Br2O3S/c1-3(7)4(5,6)10(2,8)9/h3,7H,1-2H3/t3-/m0/s1. The van der Waals surface area contributed by atoms with Crippen LogP contribution in [-0.4, -0.2) is 28.4 Å². The normalized spacial score (nSPS) is 16.9. The Morgan fingerprint density at radius 2 is 1.80 bits per heavy atom. The summed E-state index contributed by atoms with van der Waals surface area (Å²) in [5.41, 5.74) is 0. The smallest absolute Gasteiger partial charge is 0.206 e. The molecule has 0 spiro atoms. The van der Waals surface area contributed by atoms with E-state index in [0.29, 0.717) is 0 Å². The van der Waals surface area contributed by atoms with Crippen LogP contribution in [0.2, 0.25) is 0 Å². The van der Waals surface area contributed by atoms with Crippen molar-refractivity contribution in [3.05, 3.63) is 0 Å².